The molecule has 1 aromatic carbocycles. The molecular formula is C16H25NO2. The van der Waals surface area contributed by atoms with Gasteiger partial charge in [-0.05, 0) is 30.0 Å². The quantitative estimate of drug-likeness (QED) is 0.881. The Balaban J connectivity index is 2.06. The van der Waals surface area contributed by atoms with Crippen LogP contribution in [0.15, 0.2) is 18.2 Å². The molecule has 0 spiro atoms. The molecule has 1 aliphatic rings. The van der Waals surface area contributed by atoms with E-state index in [1.807, 2.05) is 18.2 Å². The van der Waals surface area contributed by atoms with Crippen molar-refractivity contribution in [3.05, 3.63) is 23.8 Å². The van der Waals surface area contributed by atoms with Gasteiger partial charge in [0.1, 0.15) is 11.5 Å². The van der Waals surface area contributed by atoms with E-state index in [0.29, 0.717) is 0 Å². The van der Waals surface area contributed by atoms with Crippen molar-refractivity contribution in [3.8, 4) is 11.5 Å². The molecule has 1 aliphatic carbocycles. The first-order valence-corrected chi connectivity index (χ1v) is 7.21. The Labute approximate surface area is 116 Å². The Kier molecular flexibility index (Phi) is 5.08. The summed E-state index contributed by atoms with van der Waals surface area (Å²) in [4.78, 5) is 0. The van der Waals surface area contributed by atoms with E-state index in [2.05, 4.69) is 0 Å². The molecule has 0 aromatic heterocycles. The first kappa shape index (κ1) is 14.2. The van der Waals surface area contributed by atoms with Crippen LogP contribution < -0.4 is 15.2 Å². The van der Waals surface area contributed by atoms with E-state index in [0.717, 1.165) is 29.4 Å². The van der Waals surface area contributed by atoms with E-state index in [4.69, 9.17) is 15.2 Å². The van der Waals surface area contributed by atoms with Crippen molar-refractivity contribution in [2.75, 3.05) is 14.2 Å². The molecule has 1 atom stereocenters. The van der Waals surface area contributed by atoms with Crippen molar-refractivity contribution in [2.24, 2.45) is 11.7 Å². The van der Waals surface area contributed by atoms with Crippen molar-refractivity contribution in [3.63, 3.8) is 0 Å². The molecule has 0 aliphatic heterocycles. The molecule has 0 bridgehead atoms. The largest absolute Gasteiger partial charge is 0.497 e. The molecule has 19 heavy (non-hydrogen) atoms. The van der Waals surface area contributed by atoms with Crippen molar-refractivity contribution in [1.82, 2.24) is 0 Å². The monoisotopic (exact) mass is 263 g/mol. The maximum Gasteiger partial charge on any atom is 0.122 e. The van der Waals surface area contributed by atoms with Gasteiger partial charge in [0.25, 0.3) is 0 Å². The summed E-state index contributed by atoms with van der Waals surface area (Å²) in [7, 11) is 3.34. The lowest BCUT2D eigenvalue weighted by molar-refractivity contribution is 0.318. The van der Waals surface area contributed by atoms with Crippen molar-refractivity contribution in [2.45, 2.75) is 44.6 Å². The maximum atomic E-state index is 6.36. The molecule has 0 heterocycles. The average Bonchev–Trinajstić information content (AvgIpc) is 2.47. The Hall–Kier alpha value is -1.22. The van der Waals surface area contributed by atoms with E-state index in [-0.39, 0.29) is 6.04 Å². The smallest absolute Gasteiger partial charge is 0.122 e. The molecule has 0 amide bonds. The van der Waals surface area contributed by atoms with Gasteiger partial charge in [-0.2, -0.15) is 0 Å². The van der Waals surface area contributed by atoms with Crippen LogP contribution in [0.2, 0.25) is 0 Å². The van der Waals surface area contributed by atoms with E-state index >= 15 is 0 Å². The van der Waals surface area contributed by atoms with Gasteiger partial charge < -0.3 is 15.2 Å². The summed E-state index contributed by atoms with van der Waals surface area (Å²) in [6, 6.07) is 6.01. The van der Waals surface area contributed by atoms with Gasteiger partial charge in [0.05, 0.1) is 14.2 Å². The molecular weight excluding hydrogens is 238 g/mol. The first-order chi connectivity index (χ1) is 9.22. The van der Waals surface area contributed by atoms with Gasteiger partial charge in [0.15, 0.2) is 0 Å². The predicted octanol–water partition coefficient (Wildman–Crippen LogP) is 3.67. The Morgan fingerprint density at radius 3 is 2.16 bits per heavy atom. The molecule has 106 valence electrons. The normalized spacial score (nSPS) is 18.1. The third-order valence-electron chi connectivity index (χ3n) is 4.11. The van der Waals surface area contributed by atoms with E-state index in [1.165, 1.54) is 32.1 Å². The SMILES string of the molecule is COc1cc(OC)cc(C(N)CC2CCCCC2)c1. The first-order valence-electron chi connectivity index (χ1n) is 7.21. The Bertz CT molecular complexity index is 377. The van der Waals surface area contributed by atoms with Gasteiger partial charge in [-0.25, -0.2) is 0 Å². The molecule has 2 N–H and O–H groups in total. The number of methoxy groups -OCH3 is 2. The highest BCUT2D eigenvalue weighted by Crippen LogP contribution is 2.33. The summed E-state index contributed by atoms with van der Waals surface area (Å²) in [5.74, 6) is 2.41. The molecule has 3 heteroatoms. The van der Waals surface area contributed by atoms with Crippen LogP contribution in [-0.4, -0.2) is 14.2 Å². The second kappa shape index (κ2) is 6.80. The Morgan fingerprint density at radius 1 is 1.05 bits per heavy atom. The maximum absolute atomic E-state index is 6.36. The Morgan fingerprint density at radius 2 is 1.63 bits per heavy atom. The van der Waals surface area contributed by atoms with Crippen LogP contribution in [-0.2, 0) is 0 Å². The van der Waals surface area contributed by atoms with Gasteiger partial charge in [-0.1, -0.05) is 32.1 Å². The minimum Gasteiger partial charge on any atom is -0.497 e. The van der Waals surface area contributed by atoms with Gasteiger partial charge in [0.2, 0.25) is 0 Å². The fourth-order valence-electron chi connectivity index (χ4n) is 2.96. The second-order valence-electron chi connectivity index (χ2n) is 5.49. The lowest BCUT2D eigenvalue weighted by Crippen LogP contribution is -2.17. The van der Waals surface area contributed by atoms with Crippen LogP contribution in [0.4, 0.5) is 0 Å². The number of rotatable bonds is 5. The van der Waals surface area contributed by atoms with Gasteiger partial charge >= 0.3 is 0 Å². The zero-order valence-electron chi connectivity index (χ0n) is 12.0. The number of benzene rings is 1. The summed E-state index contributed by atoms with van der Waals surface area (Å²) >= 11 is 0. The highest BCUT2D eigenvalue weighted by atomic mass is 16.5. The standard InChI is InChI=1S/C16H25NO2/c1-18-14-9-13(10-15(11-14)19-2)16(17)8-12-6-4-3-5-7-12/h9-12,16H,3-8,17H2,1-2H3. The average molecular weight is 263 g/mol. The van der Waals surface area contributed by atoms with Gasteiger partial charge in [0, 0.05) is 12.1 Å². The fourth-order valence-corrected chi connectivity index (χ4v) is 2.96. The van der Waals surface area contributed by atoms with Gasteiger partial charge in [-0.3, -0.25) is 0 Å². The van der Waals surface area contributed by atoms with E-state index in [9.17, 15) is 0 Å². The third kappa shape index (κ3) is 3.87. The number of hydrogen-bond donors (Lipinski definition) is 1. The molecule has 3 nitrogen and oxygen atoms in total. The molecule has 0 saturated heterocycles. The highest BCUT2D eigenvalue weighted by molar-refractivity contribution is 5.39. The van der Waals surface area contributed by atoms with Crippen LogP contribution in [0.25, 0.3) is 0 Å². The van der Waals surface area contributed by atoms with Crippen LogP contribution in [0.3, 0.4) is 0 Å². The lowest BCUT2D eigenvalue weighted by Gasteiger charge is -2.25. The molecule has 1 aromatic rings. The van der Waals surface area contributed by atoms with E-state index in [1.54, 1.807) is 14.2 Å². The minimum atomic E-state index is 0.0760. The number of ether oxygens (including phenoxy) is 2. The molecule has 2 rings (SSSR count). The van der Waals surface area contributed by atoms with E-state index < -0.39 is 0 Å². The molecule has 1 unspecified atom stereocenters. The van der Waals surface area contributed by atoms with Crippen LogP contribution in [0.1, 0.15) is 50.1 Å². The topological polar surface area (TPSA) is 44.5 Å². The molecule has 0 radical (unpaired) electrons. The summed E-state index contributed by atoms with van der Waals surface area (Å²) in [6.07, 6.45) is 7.83. The summed E-state index contributed by atoms with van der Waals surface area (Å²) in [6.45, 7) is 0. The fraction of sp³-hybridized carbons (Fsp3) is 0.625. The molecule has 1 saturated carbocycles. The second-order valence-corrected chi connectivity index (χ2v) is 5.49. The zero-order chi connectivity index (χ0) is 13.7. The minimum absolute atomic E-state index is 0.0760. The third-order valence-corrected chi connectivity index (χ3v) is 4.11. The van der Waals surface area contributed by atoms with Crippen LogP contribution in [0, 0.1) is 5.92 Å². The number of nitrogens with two attached hydrogens (primary N) is 1. The summed E-state index contributed by atoms with van der Waals surface area (Å²) < 4.78 is 10.6. The van der Waals surface area contributed by atoms with Crippen molar-refractivity contribution in [1.29, 1.82) is 0 Å². The summed E-state index contributed by atoms with van der Waals surface area (Å²) in [5.41, 5.74) is 7.47. The van der Waals surface area contributed by atoms with Gasteiger partial charge in [-0.15, -0.1) is 0 Å². The zero-order valence-corrected chi connectivity index (χ0v) is 12.0. The highest BCUT2D eigenvalue weighted by Gasteiger charge is 2.18. The van der Waals surface area contributed by atoms with Crippen molar-refractivity contribution >= 4 is 0 Å². The lowest BCUT2D eigenvalue weighted by atomic mass is 9.83. The van der Waals surface area contributed by atoms with Crippen LogP contribution in [0.5, 0.6) is 11.5 Å². The predicted molar refractivity (Wildman–Crippen MR) is 77.7 cm³/mol. The molecule has 1 fully saturated rings. The number of hydrogen-bond acceptors (Lipinski definition) is 3. The van der Waals surface area contributed by atoms with Crippen LogP contribution >= 0.6 is 0 Å². The van der Waals surface area contributed by atoms with Crippen molar-refractivity contribution < 1.29 is 9.47 Å². The summed E-state index contributed by atoms with van der Waals surface area (Å²) in [5, 5.41) is 0.